The Balaban J connectivity index is 1.34. The number of benzene rings is 5. The van der Waals surface area contributed by atoms with Gasteiger partial charge in [0, 0.05) is 33.8 Å². The highest BCUT2D eigenvalue weighted by atomic mass is 16.3. The molecule has 3 heterocycles. The standard InChI is InChI=1S/C58H69BN2O/c1-16-35-29-47-50-48(30-35)61(39-22-23-41-42(32-39)56(10,11)26-25-55(41,8)9)51-40-33-43-44(58(14,15)28-27-57(43,12)13)34-49(40)62-52(51)59(50)45-31-37(54(5,6)7)19-24-46(45)60(47)38-20-17-36(18-21-38)53(2,3)4/h17-24,29-34H,16,25-28H2,1-15H3. The fourth-order valence-electron chi connectivity index (χ4n) is 11.6. The molecule has 0 atom stereocenters. The average Bonchev–Trinajstić information content (AvgIpc) is 3.58. The Kier molecular flexibility index (Phi) is 8.79. The molecule has 4 aliphatic rings. The van der Waals surface area contributed by atoms with E-state index in [-0.39, 0.29) is 39.2 Å². The number of furan rings is 1. The summed E-state index contributed by atoms with van der Waals surface area (Å²) in [6.45, 7) is 35.7. The van der Waals surface area contributed by atoms with Crippen LogP contribution in [0.2, 0.25) is 0 Å². The molecule has 0 bridgehead atoms. The molecule has 1 aromatic heterocycles. The summed E-state index contributed by atoms with van der Waals surface area (Å²) in [5, 5.41) is 1.23. The molecule has 0 spiro atoms. The zero-order chi connectivity index (χ0) is 44.3. The fraction of sp³-hybridized carbons (Fsp3) is 0.448. The van der Waals surface area contributed by atoms with Crippen molar-refractivity contribution in [1.29, 1.82) is 0 Å². The molecule has 0 radical (unpaired) electrons. The van der Waals surface area contributed by atoms with Crippen molar-refractivity contribution in [2.75, 3.05) is 9.80 Å². The molecule has 2 aliphatic heterocycles. The quantitative estimate of drug-likeness (QED) is 0.166. The predicted octanol–water partition coefficient (Wildman–Crippen LogP) is 14.4. The van der Waals surface area contributed by atoms with E-state index in [2.05, 4.69) is 199 Å². The van der Waals surface area contributed by atoms with Gasteiger partial charge >= 0.3 is 0 Å². The molecule has 320 valence electrons. The minimum atomic E-state index is -0.0852. The van der Waals surface area contributed by atoms with Crippen LogP contribution in [0.4, 0.5) is 34.1 Å². The molecule has 62 heavy (non-hydrogen) atoms. The normalized spacial score (nSPS) is 19.1. The van der Waals surface area contributed by atoms with Gasteiger partial charge in [0.2, 0.25) is 0 Å². The van der Waals surface area contributed by atoms with E-state index in [0.29, 0.717) is 0 Å². The third-order valence-electron chi connectivity index (χ3n) is 16.1. The van der Waals surface area contributed by atoms with E-state index >= 15 is 0 Å². The van der Waals surface area contributed by atoms with Crippen LogP contribution in [0.15, 0.2) is 89.3 Å². The van der Waals surface area contributed by atoms with E-state index in [9.17, 15) is 0 Å². The van der Waals surface area contributed by atoms with E-state index in [1.54, 1.807) is 0 Å². The minimum absolute atomic E-state index is 0.0271. The van der Waals surface area contributed by atoms with E-state index < -0.39 is 0 Å². The van der Waals surface area contributed by atoms with Crippen LogP contribution in [0.25, 0.3) is 11.0 Å². The highest BCUT2D eigenvalue weighted by Gasteiger charge is 2.49. The lowest BCUT2D eigenvalue weighted by atomic mass is 9.35. The maximum Gasteiger partial charge on any atom is 0.297 e. The molecule has 2 aliphatic carbocycles. The lowest BCUT2D eigenvalue weighted by Gasteiger charge is -2.45. The lowest BCUT2D eigenvalue weighted by molar-refractivity contribution is 0.332. The highest BCUT2D eigenvalue weighted by molar-refractivity contribution is 7.00. The van der Waals surface area contributed by atoms with Gasteiger partial charge in [-0.2, -0.15) is 0 Å². The molecule has 3 nitrogen and oxygen atoms in total. The van der Waals surface area contributed by atoms with Crippen molar-refractivity contribution in [3.63, 3.8) is 0 Å². The second-order valence-corrected chi connectivity index (χ2v) is 24.3. The summed E-state index contributed by atoms with van der Waals surface area (Å²) in [4.78, 5) is 5.21. The molecular weight excluding hydrogens is 751 g/mol. The second kappa shape index (κ2) is 13.2. The predicted molar refractivity (Wildman–Crippen MR) is 268 cm³/mol. The van der Waals surface area contributed by atoms with Crippen LogP contribution in [-0.2, 0) is 38.9 Å². The number of fused-ring (bicyclic) bond motifs is 8. The molecule has 0 amide bonds. The van der Waals surface area contributed by atoms with Gasteiger partial charge in [0.25, 0.3) is 6.71 Å². The van der Waals surface area contributed by atoms with Gasteiger partial charge in [0.15, 0.2) is 0 Å². The van der Waals surface area contributed by atoms with Crippen LogP contribution in [0, 0.1) is 0 Å². The maximum absolute atomic E-state index is 7.58. The van der Waals surface area contributed by atoms with Crippen LogP contribution < -0.4 is 26.4 Å². The van der Waals surface area contributed by atoms with E-state index in [4.69, 9.17) is 4.42 Å². The Hall–Kier alpha value is -4.70. The third-order valence-corrected chi connectivity index (χ3v) is 16.1. The first-order valence-electron chi connectivity index (χ1n) is 23.7. The van der Waals surface area contributed by atoms with Gasteiger partial charge in [-0.25, -0.2) is 0 Å². The average molecular weight is 821 g/mol. The van der Waals surface area contributed by atoms with Gasteiger partial charge < -0.3 is 14.2 Å². The Morgan fingerprint density at radius 3 is 1.63 bits per heavy atom. The summed E-state index contributed by atoms with van der Waals surface area (Å²) < 4.78 is 7.58. The summed E-state index contributed by atoms with van der Waals surface area (Å²) in [5.74, 6) is 0. The Morgan fingerprint density at radius 2 is 1.05 bits per heavy atom. The van der Waals surface area contributed by atoms with Gasteiger partial charge in [0.05, 0.1) is 11.3 Å². The number of hydrogen-bond acceptors (Lipinski definition) is 3. The van der Waals surface area contributed by atoms with Crippen LogP contribution in [0.3, 0.4) is 0 Å². The summed E-state index contributed by atoms with van der Waals surface area (Å²) >= 11 is 0. The summed E-state index contributed by atoms with van der Waals surface area (Å²) in [6.07, 6.45) is 5.64. The molecule has 0 saturated heterocycles. The van der Waals surface area contributed by atoms with Crippen molar-refractivity contribution in [2.24, 2.45) is 0 Å². The van der Waals surface area contributed by atoms with Crippen molar-refractivity contribution < 1.29 is 4.42 Å². The SMILES string of the molecule is CCc1cc2c3c(c1)N(c1ccc4c(c1)C(C)(C)CCC4(C)C)c1c(oc4cc5c(cc14)C(C)(C)CCC5(C)C)B3c1cc(C(C)(C)C)ccc1N2c1ccc(C(C)(C)C)cc1. The molecule has 0 unspecified atom stereocenters. The number of anilines is 6. The number of aryl methyl sites for hydroxylation is 1. The van der Waals surface area contributed by atoms with Gasteiger partial charge in [0.1, 0.15) is 5.58 Å². The van der Waals surface area contributed by atoms with Crippen molar-refractivity contribution in [2.45, 2.75) is 168 Å². The zero-order valence-corrected chi connectivity index (χ0v) is 40.5. The smallest absolute Gasteiger partial charge is 0.297 e. The Bertz CT molecular complexity index is 2820. The van der Waals surface area contributed by atoms with Gasteiger partial charge in [-0.05, 0) is 169 Å². The fourth-order valence-corrected chi connectivity index (χ4v) is 11.6. The van der Waals surface area contributed by atoms with Crippen LogP contribution in [0.1, 0.15) is 168 Å². The Labute approximate surface area is 373 Å². The monoisotopic (exact) mass is 821 g/mol. The third kappa shape index (κ3) is 6.12. The van der Waals surface area contributed by atoms with Crippen LogP contribution in [-0.4, -0.2) is 6.71 Å². The zero-order valence-electron chi connectivity index (χ0n) is 40.5. The largest absolute Gasteiger partial charge is 0.468 e. The van der Waals surface area contributed by atoms with Crippen molar-refractivity contribution in [1.82, 2.24) is 0 Å². The Morgan fingerprint density at radius 1 is 0.532 bits per heavy atom. The molecule has 4 heteroatoms. The van der Waals surface area contributed by atoms with E-state index in [1.807, 2.05) is 0 Å². The van der Waals surface area contributed by atoms with E-state index in [0.717, 1.165) is 17.7 Å². The molecule has 6 aromatic rings. The number of rotatable bonds is 3. The first-order chi connectivity index (χ1) is 28.9. The second-order valence-electron chi connectivity index (χ2n) is 24.3. The first kappa shape index (κ1) is 41.3. The summed E-state index contributed by atoms with van der Waals surface area (Å²) in [7, 11) is 0. The summed E-state index contributed by atoms with van der Waals surface area (Å²) in [6, 6.07) is 34.1. The molecular formula is C58H69BN2O. The highest BCUT2D eigenvalue weighted by Crippen LogP contribution is 2.53. The van der Waals surface area contributed by atoms with Crippen molar-refractivity contribution in [3.05, 3.63) is 124 Å². The molecule has 0 fully saturated rings. The topological polar surface area (TPSA) is 19.6 Å². The van der Waals surface area contributed by atoms with Gasteiger partial charge in [-0.1, -0.05) is 134 Å². The van der Waals surface area contributed by atoms with Crippen LogP contribution in [0.5, 0.6) is 0 Å². The van der Waals surface area contributed by atoms with Gasteiger partial charge in [-0.3, -0.25) is 0 Å². The van der Waals surface area contributed by atoms with Crippen molar-refractivity contribution >= 4 is 68.4 Å². The number of hydrogen-bond donors (Lipinski definition) is 0. The number of nitrogens with zero attached hydrogens (tertiary/aromatic N) is 2. The maximum atomic E-state index is 7.58. The van der Waals surface area contributed by atoms with E-state index in [1.165, 1.54) is 115 Å². The molecule has 0 saturated carbocycles. The van der Waals surface area contributed by atoms with Gasteiger partial charge in [-0.15, -0.1) is 0 Å². The van der Waals surface area contributed by atoms with Crippen LogP contribution >= 0.6 is 0 Å². The molecule has 5 aromatic carbocycles. The van der Waals surface area contributed by atoms with Crippen molar-refractivity contribution in [3.8, 4) is 0 Å². The minimum Gasteiger partial charge on any atom is -0.468 e. The lowest BCUT2D eigenvalue weighted by Crippen LogP contribution is -2.61. The first-order valence-corrected chi connectivity index (χ1v) is 23.7. The molecule has 0 N–H and O–H groups in total. The summed E-state index contributed by atoms with van der Waals surface area (Å²) in [5.41, 5.74) is 22.3. The molecule has 10 rings (SSSR count).